The number of benzene rings is 1. The molecule has 1 unspecified atom stereocenters. The van der Waals surface area contributed by atoms with E-state index in [-0.39, 0.29) is 16.6 Å². The van der Waals surface area contributed by atoms with Crippen LogP contribution in [0.1, 0.15) is 26.2 Å². The number of amides is 1. The Hall–Kier alpha value is -1.56. The lowest BCUT2D eigenvalue weighted by molar-refractivity contribution is -0.124. The minimum Gasteiger partial charge on any atom is -0.497 e. The van der Waals surface area contributed by atoms with Crippen molar-refractivity contribution >= 4 is 15.7 Å². The van der Waals surface area contributed by atoms with Gasteiger partial charge in [-0.05, 0) is 43.0 Å². The smallest absolute Gasteiger partial charge is 0.223 e. The minimum atomic E-state index is -3.48. The molecular weight excluding hydrogens is 302 g/mol. The highest BCUT2D eigenvalue weighted by molar-refractivity contribution is 7.91. The third kappa shape index (κ3) is 4.22. The van der Waals surface area contributed by atoms with E-state index in [0.717, 1.165) is 12.8 Å². The van der Waals surface area contributed by atoms with Crippen molar-refractivity contribution < 1.29 is 17.9 Å². The molecule has 0 heterocycles. The van der Waals surface area contributed by atoms with Crippen LogP contribution in [0.2, 0.25) is 0 Å². The Bertz CT molecular complexity index is 606. The minimum absolute atomic E-state index is 0.185. The fourth-order valence-electron chi connectivity index (χ4n) is 2.40. The van der Waals surface area contributed by atoms with Crippen LogP contribution < -0.4 is 10.1 Å². The lowest BCUT2D eigenvalue weighted by Crippen LogP contribution is -2.37. The van der Waals surface area contributed by atoms with Crippen molar-refractivity contribution in [1.29, 1.82) is 0 Å². The van der Waals surface area contributed by atoms with Crippen molar-refractivity contribution in [2.45, 2.75) is 31.1 Å². The first kappa shape index (κ1) is 16.8. The molecule has 0 radical (unpaired) electrons. The molecule has 0 aromatic heterocycles. The van der Waals surface area contributed by atoms with Gasteiger partial charge in [0.2, 0.25) is 5.91 Å². The van der Waals surface area contributed by atoms with Gasteiger partial charge in [-0.15, -0.1) is 0 Å². The van der Waals surface area contributed by atoms with Crippen molar-refractivity contribution in [1.82, 2.24) is 5.32 Å². The summed E-state index contributed by atoms with van der Waals surface area (Å²) in [5.74, 6) is 0.228. The summed E-state index contributed by atoms with van der Waals surface area (Å²) in [6.45, 7) is 2.31. The Morgan fingerprint density at radius 3 is 2.45 bits per heavy atom. The average Bonchev–Trinajstić information content (AvgIpc) is 2.45. The molecule has 5 nitrogen and oxygen atoms in total. The van der Waals surface area contributed by atoms with Gasteiger partial charge >= 0.3 is 0 Å². The second-order valence-corrected chi connectivity index (χ2v) is 7.93. The highest BCUT2D eigenvalue weighted by atomic mass is 32.2. The SMILES string of the molecule is COc1ccc(S(=O)(=O)CC(C)C(=O)NCC2CCC2)cc1. The maximum absolute atomic E-state index is 12.3. The van der Waals surface area contributed by atoms with Crippen molar-refractivity contribution in [2.75, 3.05) is 19.4 Å². The van der Waals surface area contributed by atoms with Crippen molar-refractivity contribution in [2.24, 2.45) is 11.8 Å². The maximum Gasteiger partial charge on any atom is 0.223 e. The number of nitrogens with one attached hydrogen (secondary N) is 1. The largest absolute Gasteiger partial charge is 0.497 e. The van der Waals surface area contributed by atoms with Crippen molar-refractivity contribution in [3.8, 4) is 5.75 Å². The molecule has 1 N–H and O–H groups in total. The molecule has 0 bridgehead atoms. The van der Waals surface area contributed by atoms with Gasteiger partial charge in [0.25, 0.3) is 0 Å². The fourth-order valence-corrected chi connectivity index (χ4v) is 3.95. The zero-order valence-electron chi connectivity index (χ0n) is 13.0. The summed E-state index contributed by atoms with van der Waals surface area (Å²) in [5, 5.41) is 2.85. The quantitative estimate of drug-likeness (QED) is 0.832. The Kier molecular flexibility index (Phi) is 5.45. The normalized spacial score (nSPS) is 16.6. The third-order valence-corrected chi connectivity index (χ3v) is 6.05. The molecule has 2 rings (SSSR count). The Morgan fingerprint density at radius 2 is 1.95 bits per heavy atom. The summed E-state index contributed by atoms with van der Waals surface area (Å²) in [4.78, 5) is 12.2. The molecule has 0 aliphatic heterocycles. The van der Waals surface area contributed by atoms with E-state index in [0.29, 0.717) is 18.2 Å². The molecule has 1 atom stereocenters. The van der Waals surface area contributed by atoms with Gasteiger partial charge in [0.05, 0.1) is 17.8 Å². The lowest BCUT2D eigenvalue weighted by Gasteiger charge is -2.26. The molecular formula is C16H23NO4S. The van der Waals surface area contributed by atoms with E-state index < -0.39 is 15.8 Å². The van der Waals surface area contributed by atoms with Crippen LogP contribution in [0.5, 0.6) is 5.75 Å². The molecule has 1 fully saturated rings. The summed E-state index contributed by atoms with van der Waals surface area (Å²) in [6.07, 6.45) is 3.53. The molecule has 1 amide bonds. The number of carbonyl (C=O) groups is 1. The van der Waals surface area contributed by atoms with E-state index in [1.54, 1.807) is 19.1 Å². The Labute approximate surface area is 132 Å². The molecule has 6 heteroatoms. The van der Waals surface area contributed by atoms with Crippen LogP contribution >= 0.6 is 0 Å². The molecule has 1 aliphatic rings. The highest BCUT2D eigenvalue weighted by Crippen LogP contribution is 2.25. The molecule has 0 saturated heterocycles. The predicted molar refractivity (Wildman–Crippen MR) is 84.6 cm³/mol. The molecule has 122 valence electrons. The fraction of sp³-hybridized carbons (Fsp3) is 0.562. The Balaban J connectivity index is 1.92. The Morgan fingerprint density at radius 1 is 1.32 bits per heavy atom. The lowest BCUT2D eigenvalue weighted by atomic mass is 9.85. The standard InChI is InChI=1S/C16H23NO4S/c1-12(16(18)17-10-13-4-3-5-13)11-22(19,20)15-8-6-14(21-2)7-9-15/h6-9,12-13H,3-5,10-11H2,1-2H3,(H,17,18). The van der Waals surface area contributed by atoms with Crippen molar-refractivity contribution in [3.05, 3.63) is 24.3 Å². The van der Waals surface area contributed by atoms with Crippen LogP contribution in [0, 0.1) is 11.8 Å². The van der Waals surface area contributed by atoms with Gasteiger partial charge in [-0.3, -0.25) is 4.79 Å². The summed E-state index contributed by atoms with van der Waals surface area (Å²) in [7, 11) is -1.95. The molecule has 1 aliphatic carbocycles. The van der Waals surface area contributed by atoms with Gasteiger partial charge < -0.3 is 10.1 Å². The van der Waals surface area contributed by atoms with Gasteiger partial charge in [-0.25, -0.2) is 8.42 Å². The monoisotopic (exact) mass is 325 g/mol. The summed E-state index contributed by atoms with van der Waals surface area (Å²) in [6, 6.07) is 6.22. The molecule has 1 aromatic carbocycles. The first-order valence-electron chi connectivity index (χ1n) is 7.57. The van der Waals surface area contributed by atoms with E-state index in [1.807, 2.05) is 0 Å². The second-order valence-electron chi connectivity index (χ2n) is 5.90. The molecule has 0 spiro atoms. The topological polar surface area (TPSA) is 72.5 Å². The van der Waals surface area contributed by atoms with Crippen LogP contribution in [-0.2, 0) is 14.6 Å². The van der Waals surface area contributed by atoms with E-state index in [1.165, 1.54) is 25.7 Å². The molecule has 22 heavy (non-hydrogen) atoms. The molecule has 1 aromatic rings. The third-order valence-electron chi connectivity index (χ3n) is 4.13. The average molecular weight is 325 g/mol. The van der Waals surface area contributed by atoms with E-state index in [9.17, 15) is 13.2 Å². The van der Waals surface area contributed by atoms with Gasteiger partial charge in [-0.2, -0.15) is 0 Å². The highest BCUT2D eigenvalue weighted by Gasteiger charge is 2.24. The predicted octanol–water partition coefficient (Wildman–Crippen LogP) is 2.02. The van der Waals surface area contributed by atoms with Crippen LogP contribution in [0.4, 0.5) is 0 Å². The number of hydrogen-bond donors (Lipinski definition) is 1. The van der Waals surface area contributed by atoms with Gasteiger partial charge in [-0.1, -0.05) is 13.3 Å². The summed E-state index contributed by atoms with van der Waals surface area (Å²) in [5.41, 5.74) is 0. The number of sulfone groups is 1. The zero-order chi connectivity index (χ0) is 16.2. The summed E-state index contributed by atoms with van der Waals surface area (Å²) >= 11 is 0. The number of carbonyl (C=O) groups excluding carboxylic acids is 1. The van der Waals surface area contributed by atoms with Crippen LogP contribution in [0.25, 0.3) is 0 Å². The summed E-state index contributed by atoms with van der Waals surface area (Å²) < 4.78 is 29.7. The van der Waals surface area contributed by atoms with E-state index >= 15 is 0 Å². The molecule has 1 saturated carbocycles. The first-order chi connectivity index (χ1) is 10.4. The van der Waals surface area contributed by atoms with Gasteiger partial charge in [0, 0.05) is 12.5 Å². The van der Waals surface area contributed by atoms with Gasteiger partial charge in [0.15, 0.2) is 9.84 Å². The van der Waals surface area contributed by atoms with Crippen LogP contribution in [-0.4, -0.2) is 33.7 Å². The van der Waals surface area contributed by atoms with E-state index in [2.05, 4.69) is 5.32 Å². The number of hydrogen-bond acceptors (Lipinski definition) is 4. The van der Waals surface area contributed by atoms with Crippen LogP contribution in [0.15, 0.2) is 29.2 Å². The van der Waals surface area contributed by atoms with E-state index in [4.69, 9.17) is 4.74 Å². The first-order valence-corrected chi connectivity index (χ1v) is 9.22. The maximum atomic E-state index is 12.3. The zero-order valence-corrected chi connectivity index (χ0v) is 13.9. The van der Waals surface area contributed by atoms with Crippen molar-refractivity contribution in [3.63, 3.8) is 0 Å². The number of methoxy groups -OCH3 is 1. The number of ether oxygens (including phenoxy) is 1. The second kappa shape index (κ2) is 7.13. The van der Waals surface area contributed by atoms with Crippen LogP contribution in [0.3, 0.4) is 0 Å². The number of rotatable bonds is 7. The van der Waals surface area contributed by atoms with Gasteiger partial charge in [0.1, 0.15) is 5.75 Å².